The molecule has 4 nitrogen and oxygen atoms in total. The maximum absolute atomic E-state index is 11.1. The molecule has 0 aliphatic rings. The van der Waals surface area contributed by atoms with Gasteiger partial charge in [-0.25, -0.2) is 13.4 Å². The van der Waals surface area contributed by atoms with E-state index >= 15 is 0 Å². The third-order valence-corrected chi connectivity index (χ3v) is 3.46. The Morgan fingerprint density at radius 1 is 1.58 bits per heavy atom. The number of aliphatic hydroxyl groups is 1. The highest BCUT2D eigenvalue weighted by Gasteiger charge is 2.16. The molecule has 0 atom stereocenters. The van der Waals surface area contributed by atoms with Gasteiger partial charge in [0.15, 0.2) is 0 Å². The second-order valence-corrected chi connectivity index (χ2v) is 4.71. The topological polar surface area (TPSA) is 67.3 Å². The first-order chi connectivity index (χ1) is 5.58. The highest BCUT2D eigenvalue weighted by atomic mass is 79.9. The van der Waals surface area contributed by atoms with Crippen LogP contribution in [0.15, 0.2) is 27.8 Å². The molecule has 1 N–H and O–H groups in total. The molecule has 0 saturated heterocycles. The lowest BCUT2D eigenvalue weighted by molar-refractivity contribution is 0.358. The van der Waals surface area contributed by atoms with Crippen molar-refractivity contribution in [2.45, 2.75) is 4.90 Å². The third kappa shape index (κ3) is 1.82. The third-order valence-electron chi connectivity index (χ3n) is 1.23. The molecule has 0 unspecified atom stereocenters. The van der Waals surface area contributed by atoms with E-state index in [2.05, 4.69) is 20.9 Å². The van der Waals surface area contributed by atoms with Crippen LogP contribution in [0.25, 0.3) is 0 Å². The number of pyridine rings is 1. The predicted octanol–water partition coefficient (Wildman–Crippen LogP) is 0.568. The summed E-state index contributed by atoms with van der Waals surface area (Å²) >= 11 is 2.97. The number of sulfone groups is 1. The van der Waals surface area contributed by atoms with Gasteiger partial charge in [0.05, 0.1) is 0 Å². The van der Waals surface area contributed by atoms with Gasteiger partial charge in [-0.2, -0.15) is 0 Å². The van der Waals surface area contributed by atoms with Gasteiger partial charge in [-0.3, -0.25) is 0 Å². The Labute approximate surface area is 78.3 Å². The maximum atomic E-state index is 11.1. The van der Waals surface area contributed by atoms with Gasteiger partial charge in [0.2, 0.25) is 9.84 Å². The van der Waals surface area contributed by atoms with Crippen molar-refractivity contribution in [3.63, 3.8) is 0 Å². The Kier molecular flexibility index (Phi) is 2.81. The van der Waals surface area contributed by atoms with Crippen molar-refractivity contribution in [3.05, 3.63) is 22.9 Å². The monoisotopic (exact) mass is 251 g/mol. The molecule has 6 heteroatoms. The molecule has 0 amide bonds. The summed E-state index contributed by atoms with van der Waals surface area (Å²) in [5.74, 6) is -0.905. The summed E-state index contributed by atoms with van der Waals surface area (Å²) in [6, 6.07) is 2.87. The van der Waals surface area contributed by atoms with Crippen molar-refractivity contribution < 1.29 is 13.5 Å². The fourth-order valence-corrected chi connectivity index (χ4v) is 2.40. The first kappa shape index (κ1) is 9.63. The first-order valence-electron chi connectivity index (χ1n) is 3.02. The molecule has 1 aromatic rings. The number of rotatable bonds is 2. The van der Waals surface area contributed by atoms with Gasteiger partial charge >= 0.3 is 0 Å². The molecule has 12 heavy (non-hydrogen) atoms. The highest BCUT2D eigenvalue weighted by molar-refractivity contribution is 9.10. The first-order valence-corrected chi connectivity index (χ1v) is 5.46. The van der Waals surface area contributed by atoms with Gasteiger partial charge in [0.1, 0.15) is 15.4 Å². The Bertz CT molecular complexity index is 376. The number of hydrogen-bond donors (Lipinski definition) is 1. The molecule has 0 aliphatic heterocycles. The van der Waals surface area contributed by atoms with Gasteiger partial charge < -0.3 is 5.11 Å². The molecule has 0 spiro atoms. The van der Waals surface area contributed by atoms with Gasteiger partial charge in [0, 0.05) is 6.20 Å². The minimum atomic E-state index is -3.58. The predicted molar refractivity (Wildman–Crippen MR) is 46.2 cm³/mol. The lowest BCUT2D eigenvalue weighted by Gasteiger charge is -2.00. The molecule has 1 heterocycles. The molecule has 66 valence electrons. The fraction of sp³-hybridized carbons (Fsp3) is 0.167. The zero-order valence-electron chi connectivity index (χ0n) is 5.94. The molecular weight excluding hydrogens is 246 g/mol. The van der Waals surface area contributed by atoms with Crippen LogP contribution in [0.3, 0.4) is 0 Å². The zero-order valence-corrected chi connectivity index (χ0v) is 8.34. The smallest absolute Gasteiger partial charge is 0.204 e. The van der Waals surface area contributed by atoms with E-state index in [1.54, 1.807) is 0 Å². The van der Waals surface area contributed by atoms with Gasteiger partial charge in [-0.1, -0.05) is 0 Å². The van der Waals surface area contributed by atoms with Crippen LogP contribution in [0.2, 0.25) is 0 Å². The van der Waals surface area contributed by atoms with Crippen LogP contribution in [-0.2, 0) is 9.84 Å². The number of hydrogen-bond acceptors (Lipinski definition) is 4. The summed E-state index contributed by atoms with van der Waals surface area (Å²) in [4.78, 5) is 3.73. The summed E-state index contributed by atoms with van der Waals surface area (Å²) in [6.07, 6.45) is 1.46. The van der Waals surface area contributed by atoms with Crippen molar-refractivity contribution in [2.24, 2.45) is 0 Å². The van der Waals surface area contributed by atoms with Crippen molar-refractivity contribution in [1.82, 2.24) is 4.98 Å². The van der Waals surface area contributed by atoms with E-state index < -0.39 is 15.8 Å². The number of aromatic nitrogens is 1. The second-order valence-electron chi connectivity index (χ2n) is 2.04. The molecule has 0 bridgehead atoms. The second kappa shape index (κ2) is 3.51. The summed E-state index contributed by atoms with van der Waals surface area (Å²) < 4.78 is 22.4. The average molecular weight is 252 g/mol. The summed E-state index contributed by atoms with van der Waals surface area (Å²) in [5, 5.41) is 8.54. The minimum Gasteiger partial charge on any atom is -0.380 e. The van der Waals surface area contributed by atoms with Crippen LogP contribution in [0.4, 0.5) is 0 Å². The Morgan fingerprint density at radius 3 is 2.75 bits per heavy atom. The van der Waals surface area contributed by atoms with E-state index in [1.165, 1.54) is 18.3 Å². The molecule has 1 rings (SSSR count). The lowest BCUT2D eigenvalue weighted by atomic mass is 10.5. The van der Waals surface area contributed by atoms with Crippen LogP contribution in [0.1, 0.15) is 0 Å². The zero-order chi connectivity index (χ0) is 9.19. The van der Waals surface area contributed by atoms with Crippen molar-refractivity contribution in [3.8, 4) is 0 Å². The molecule has 0 aromatic carbocycles. The highest BCUT2D eigenvalue weighted by Crippen LogP contribution is 2.18. The maximum Gasteiger partial charge on any atom is 0.204 e. The van der Waals surface area contributed by atoms with Crippen LogP contribution < -0.4 is 0 Å². The van der Waals surface area contributed by atoms with Crippen LogP contribution in [-0.4, -0.2) is 24.4 Å². The number of nitrogens with zero attached hydrogens (tertiary/aromatic N) is 1. The molecule has 1 aromatic heterocycles. The number of halogens is 1. The van der Waals surface area contributed by atoms with Crippen molar-refractivity contribution in [1.29, 1.82) is 0 Å². The molecule has 0 aliphatic carbocycles. The quantitative estimate of drug-likeness (QED) is 0.781. The fourth-order valence-electron chi connectivity index (χ4n) is 0.673. The SMILES string of the molecule is O=S(=O)(CO)c1cccnc1Br. The summed E-state index contributed by atoms with van der Waals surface area (Å²) in [6.45, 7) is 0. The van der Waals surface area contributed by atoms with E-state index in [9.17, 15) is 8.42 Å². The Morgan fingerprint density at radius 2 is 2.25 bits per heavy atom. The van der Waals surface area contributed by atoms with E-state index in [1.807, 2.05) is 0 Å². The van der Waals surface area contributed by atoms with E-state index in [-0.39, 0.29) is 9.50 Å². The van der Waals surface area contributed by atoms with Crippen LogP contribution in [0, 0.1) is 0 Å². The van der Waals surface area contributed by atoms with E-state index in [0.717, 1.165) is 0 Å². The normalized spacial score (nSPS) is 11.5. The Balaban J connectivity index is 3.30. The number of aliphatic hydroxyl groups excluding tert-OH is 1. The standard InChI is InChI=1S/C6H6BrNO3S/c7-6-5(2-1-3-8-6)12(10,11)4-9/h1-3,9H,4H2. The van der Waals surface area contributed by atoms with Gasteiger partial charge in [-0.05, 0) is 28.1 Å². The van der Waals surface area contributed by atoms with Crippen LogP contribution >= 0.6 is 15.9 Å². The molecular formula is C6H6BrNO3S. The lowest BCUT2D eigenvalue weighted by Crippen LogP contribution is -2.06. The van der Waals surface area contributed by atoms with E-state index in [0.29, 0.717) is 0 Å². The average Bonchev–Trinajstić information content (AvgIpc) is 2.05. The summed E-state index contributed by atoms with van der Waals surface area (Å²) in [7, 11) is -3.58. The van der Waals surface area contributed by atoms with Crippen molar-refractivity contribution in [2.75, 3.05) is 5.94 Å². The molecule has 0 saturated carbocycles. The van der Waals surface area contributed by atoms with Crippen molar-refractivity contribution >= 4 is 25.8 Å². The largest absolute Gasteiger partial charge is 0.380 e. The van der Waals surface area contributed by atoms with E-state index in [4.69, 9.17) is 5.11 Å². The molecule has 0 fully saturated rings. The molecule has 0 radical (unpaired) electrons. The summed E-state index contributed by atoms with van der Waals surface area (Å²) in [5.41, 5.74) is 0. The minimum absolute atomic E-state index is 0.00694. The van der Waals surface area contributed by atoms with Crippen LogP contribution in [0.5, 0.6) is 0 Å². The van der Waals surface area contributed by atoms with Gasteiger partial charge in [0.25, 0.3) is 0 Å². The van der Waals surface area contributed by atoms with Gasteiger partial charge in [-0.15, -0.1) is 0 Å². The Hall–Kier alpha value is -0.460.